The first kappa shape index (κ1) is 15.0. The van der Waals surface area contributed by atoms with Crippen LogP contribution in [0.2, 0.25) is 0 Å². The molecule has 1 fully saturated rings. The van der Waals surface area contributed by atoms with Gasteiger partial charge in [-0.3, -0.25) is 4.72 Å². The van der Waals surface area contributed by atoms with Gasteiger partial charge in [0.25, 0.3) is 5.89 Å². The molecule has 22 heavy (non-hydrogen) atoms. The summed E-state index contributed by atoms with van der Waals surface area (Å²) in [6.07, 6.45) is 3.80. The monoisotopic (exact) mass is 322 g/mol. The Bertz CT molecular complexity index is 809. The molecule has 1 aliphatic rings. The number of aryl methyl sites for hydroxylation is 1. The van der Waals surface area contributed by atoms with Gasteiger partial charge in [0.15, 0.2) is 5.82 Å². The number of nitrogens with one attached hydrogen (secondary N) is 1. The van der Waals surface area contributed by atoms with E-state index in [4.69, 9.17) is 10.3 Å². The van der Waals surface area contributed by atoms with E-state index >= 15 is 0 Å². The molecular formula is C14H18N4O3S. The molecule has 1 aromatic carbocycles. The molecule has 0 atom stereocenters. The van der Waals surface area contributed by atoms with E-state index in [-0.39, 0.29) is 5.89 Å². The molecule has 0 unspecified atom stereocenters. The zero-order valence-electron chi connectivity index (χ0n) is 12.5. The van der Waals surface area contributed by atoms with Gasteiger partial charge in [-0.15, -0.1) is 0 Å². The molecule has 0 spiro atoms. The van der Waals surface area contributed by atoms with Crippen LogP contribution in [0.5, 0.6) is 0 Å². The van der Waals surface area contributed by atoms with E-state index in [1.54, 1.807) is 12.1 Å². The molecule has 3 N–H and O–H groups in total. The van der Waals surface area contributed by atoms with E-state index in [2.05, 4.69) is 14.9 Å². The first-order chi connectivity index (χ1) is 10.3. The molecule has 0 bridgehead atoms. The SMILES string of the molecule is Cc1ccc(NS(C)(=O)=O)c(-c2nc(C3(N)CCC3)no2)c1. The standard InChI is InChI=1S/C14H18N4O3S/c1-9-4-5-11(18-22(2,19)20)10(8-9)12-16-13(17-21-12)14(15)6-3-7-14/h4-5,8,18H,3,6-7,15H2,1-2H3. The van der Waals surface area contributed by atoms with Crippen LogP contribution < -0.4 is 10.5 Å². The third-order valence-corrected chi connectivity index (χ3v) is 4.41. The minimum Gasteiger partial charge on any atom is -0.334 e. The second-order valence-corrected chi connectivity index (χ2v) is 7.60. The number of hydrogen-bond donors (Lipinski definition) is 2. The second kappa shape index (κ2) is 5.06. The van der Waals surface area contributed by atoms with Gasteiger partial charge >= 0.3 is 0 Å². The van der Waals surface area contributed by atoms with Crippen LogP contribution in [0.1, 0.15) is 30.7 Å². The third-order valence-electron chi connectivity index (χ3n) is 3.82. The van der Waals surface area contributed by atoms with Crippen molar-refractivity contribution in [3.8, 4) is 11.5 Å². The van der Waals surface area contributed by atoms with Gasteiger partial charge in [0.2, 0.25) is 10.0 Å². The summed E-state index contributed by atoms with van der Waals surface area (Å²) in [6.45, 7) is 1.90. The number of rotatable bonds is 4. The molecule has 0 radical (unpaired) electrons. The summed E-state index contributed by atoms with van der Waals surface area (Å²) in [7, 11) is -3.40. The minimum absolute atomic E-state index is 0.265. The maximum Gasteiger partial charge on any atom is 0.260 e. The van der Waals surface area contributed by atoms with E-state index in [0.717, 1.165) is 31.1 Å². The maximum atomic E-state index is 11.5. The Hall–Kier alpha value is -1.93. The van der Waals surface area contributed by atoms with Gasteiger partial charge in [-0.2, -0.15) is 4.98 Å². The Kier molecular flexibility index (Phi) is 3.45. The van der Waals surface area contributed by atoms with Crippen LogP contribution >= 0.6 is 0 Å². The fraction of sp³-hybridized carbons (Fsp3) is 0.429. The molecule has 118 valence electrons. The quantitative estimate of drug-likeness (QED) is 0.887. The molecule has 1 heterocycles. The molecule has 0 amide bonds. The van der Waals surface area contributed by atoms with Crippen molar-refractivity contribution in [2.75, 3.05) is 11.0 Å². The maximum absolute atomic E-state index is 11.5. The van der Waals surface area contributed by atoms with Crippen molar-refractivity contribution in [2.45, 2.75) is 31.7 Å². The third kappa shape index (κ3) is 2.84. The van der Waals surface area contributed by atoms with Crippen LogP contribution in [-0.2, 0) is 15.6 Å². The van der Waals surface area contributed by atoms with Gasteiger partial charge in [0.1, 0.15) is 0 Å². The highest BCUT2D eigenvalue weighted by molar-refractivity contribution is 7.92. The lowest BCUT2D eigenvalue weighted by Gasteiger charge is -2.34. The summed E-state index contributed by atoms with van der Waals surface area (Å²) >= 11 is 0. The summed E-state index contributed by atoms with van der Waals surface area (Å²) in [5.41, 5.74) is 7.58. The number of aromatic nitrogens is 2. The van der Waals surface area contributed by atoms with Crippen LogP contribution in [-0.4, -0.2) is 24.8 Å². The molecule has 1 aromatic heterocycles. The van der Waals surface area contributed by atoms with Gasteiger partial charge < -0.3 is 10.3 Å². The predicted octanol–water partition coefficient (Wildman–Crippen LogP) is 1.75. The molecule has 8 heteroatoms. The Balaban J connectivity index is 2.02. The van der Waals surface area contributed by atoms with Gasteiger partial charge in [0.05, 0.1) is 23.0 Å². The Morgan fingerprint density at radius 3 is 2.68 bits per heavy atom. The number of benzene rings is 1. The number of nitrogens with two attached hydrogens (primary N) is 1. The summed E-state index contributed by atoms with van der Waals surface area (Å²) in [5, 5.41) is 3.97. The van der Waals surface area contributed by atoms with E-state index in [1.165, 1.54) is 0 Å². The lowest BCUT2D eigenvalue weighted by Crippen LogP contribution is -2.44. The normalized spacial score (nSPS) is 17.0. The first-order valence-electron chi connectivity index (χ1n) is 6.99. The summed E-state index contributed by atoms with van der Waals surface area (Å²) in [4.78, 5) is 4.37. The van der Waals surface area contributed by atoms with E-state index in [0.29, 0.717) is 17.1 Å². The molecule has 2 aromatic rings. The first-order valence-corrected chi connectivity index (χ1v) is 8.88. The summed E-state index contributed by atoms with van der Waals surface area (Å²) in [5.74, 6) is 0.738. The highest BCUT2D eigenvalue weighted by Gasteiger charge is 2.39. The number of sulfonamides is 1. The average molecular weight is 322 g/mol. The van der Waals surface area contributed by atoms with Crippen LogP contribution in [0.15, 0.2) is 22.7 Å². The van der Waals surface area contributed by atoms with Crippen molar-refractivity contribution in [1.29, 1.82) is 0 Å². The Morgan fingerprint density at radius 1 is 1.36 bits per heavy atom. The molecule has 7 nitrogen and oxygen atoms in total. The fourth-order valence-electron chi connectivity index (χ4n) is 2.44. The lowest BCUT2D eigenvalue weighted by atomic mass is 9.77. The zero-order valence-corrected chi connectivity index (χ0v) is 13.3. The van der Waals surface area contributed by atoms with Gasteiger partial charge in [0, 0.05) is 0 Å². The number of hydrogen-bond acceptors (Lipinski definition) is 6. The zero-order chi connectivity index (χ0) is 16.0. The summed E-state index contributed by atoms with van der Waals surface area (Å²) in [6, 6.07) is 5.29. The molecule has 0 aliphatic heterocycles. The highest BCUT2D eigenvalue weighted by atomic mass is 32.2. The van der Waals surface area contributed by atoms with Crippen LogP contribution in [0.3, 0.4) is 0 Å². The average Bonchev–Trinajstić information content (AvgIpc) is 2.86. The fourth-order valence-corrected chi connectivity index (χ4v) is 3.02. The molecule has 0 saturated heterocycles. The number of anilines is 1. The molecule has 1 saturated carbocycles. The van der Waals surface area contributed by atoms with E-state index in [1.807, 2.05) is 13.0 Å². The molecule has 1 aliphatic carbocycles. The summed E-state index contributed by atoms with van der Waals surface area (Å²) < 4.78 is 30.8. The smallest absolute Gasteiger partial charge is 0.260 e. The van der Waals surface area contributed by atoms with Crippen LogP contribution in [0.25, 0.3) is 11.5 Å². The second-order valence-electron chi connectivity index (χ2n) is 5.86. The number of nitrogens with zero attached hydrogens (tertiary/aromatic N) is 2. The lowest BCUT2D eigenvalue weighted by molar-refractivity contribution is 0.229. The predicted molar refractivity (Wildman–Crippen MR) is 82.7 cm³/mol. The van der Waals surface area contributed by atoms with Crippen molar-refractivity contribution in [2.24, 2.45) is 5.73 Å². The highest BCUT2D eigenvalue weighted by Crippen LogP contribution is 2.38. The largest absolute Gasteiger partial charge is 0.334 e. The van der Waals surface area contributed by atoms with Crippen molar-refractivity contribution in [1.82, 2.24) is 10.1 Å². The van der Waals surface area contributed by atoms with Gasteiger partial charge in [-0.25, -0.2) is 8.42 Å². The van der Waals surface area contributed by atoms with E-state index < -0.39 is 15.6 Å². The van der Waals surface area contributed by atoms with Crippen molar-refractivity contribution >= 4 is 15.7 Å². The van der Waals surface area contributed by atoms with Crippen molar-refractivity contribution < 1.29 is 12.9 Å². The Morgan fingerprint density at radius 2 is 2.09 bits per heavy atom. The van der Waals surface area contributed by atoms with Crippen LogP contribution in [0.4, 0.5) is 5.69 Å². The van der Waals surface area contributed by atoms with Crippen molar-refractivity contribution in [3.05, 3.63) is 29.6 Å². The van der Waals surface area contributed by atoms with Crippen molar-refractivity contribution in [3.63, 3.8) is 0 Å². The van der Waals surface area contributed by atoms with Gasteiger partial charge in [-0.05, 0) is 38.3 Å². The molecular weight excluding hydrogens is 304 g/mol. The topological polar surface area (TPSA) is 111 Å². The Labute approximate surface area is 129 Å². The minimum atomic E-state index is -3.40. The molecule has 3 rings (SSSR count). The van der Waals surface area contributed by atoms with Gasteiger partial charge in [-0.1, -0.05) is 16.8 Å². The van der Waals surface area contributed by atoms with Crippen LogP contribution in [0, 0.1) is 6.92 Å². The van der Waals surface area contributed by atoms with E-state index in [9.17, 15) is 8.42 Å².